The van der Waals surface area contributed by atoms with E-state index < -0.39 is 0 Å². The summed E-state index contributed by atoms with van der Waals surface area (Å²) in [7, 11) is 1.68. The fourth-order valence-corrected chi connectivity index (χ4v) is 3.52. The SMILES string of the molecule is COc1ccc(CNC(=S)NC[C@H](c2ccccc2)N2CCCC2)cc1. The van der Waals surface area contributed by atoms with Crippen LogP contribution in [0.4, 0.5) is 0 Å². The van der Waals surface area contributed by atoms with Crippen molar-refractivity contribution in [2.75, 3.05) is 26.7 Å². The molecule has 1 aliphatic heterocycles. The number of nitrogens with one attached hydrogen (secondary N) is 2. The van der Waals surface area contributed by atoms with E-state index in [1.807, 2.05) is 24.3 Å². The Hall–Kier alpha value is -2.11. The van der Waals surface area contributed by atoms with Crippen molar-refractivity contribution in [2.24, 2.45) is 0 Å². The minimum absolute atomic E-state index is 0.361. The van der Waals surface area contributed by atoms with Gasteiger partial charge in [-0.2, -0.15) is 0 Å². The Morgan fingerprint density at radius 3 is 2.38 bits per heavy atom. The minimum atomic E-state index is 0.361. The Labute approximate surface area is 161 Å². The second kappa shape index (κ2) is 9.55. The van der Waals surface area contributed by atoms with E-state index in [0.29, 0.717) is 17.7 Å². The predicted octanol–water partition coefficient (Wildman–Crippen LogP) is 3.50. The lowest BCUT2D eigenvalue weighted by Crippen LogP contribution is -2.41. The third kappa shape index (κ3) is 5.19. The fourth-order valence-electron chi connectivity index (χ4n) is 3.36. The average Bonchev–Trinajstić information content (AvgIpc) is 3.22. The largest absolute Gasteiger partial charge is 0.497 e. The maximum Gasteiger partial charge on any atom is 0.166 e. The summed E-state index contributed by atoms with van der Waals surface area (Å²) in [5.74, 6) is 0.866. The molecule has 0 unspecified atom stereocenters. The summed E-state index contributed by atoms with van der Waals surface area (Å²) in [5.41, 5.74) is 2.52. The molecule has 5 heteroatoms. The van der Waals surface area contributed by atoms with Gasteiger partial charge in [0.1, 0.15) is 5.75 Å². The first-order valence-corrected chi connectivity index (χ1v) is 9.61. The van der Waals surface area contributed by atoms with Crippen LogP contribution in [0.25, 0.3) is 0 Å². The third-order valence-electron chi connectivity index (χ3n) is 4.83. The number of rotatable bonds is 7. The summed E-state index contributed by atoms with van der Waals surface area (Å²) < 4.78 is 5.19. The van der Waals surface area contributed by atoms with Gasteiger partial charge in [0.15, 0.2) is 5.11 Å². The van der Waals surface area contributed by atoms with E-state index >= 15 is 0 Å². The maximum absolute atomic E-state index is 5.48. The minimum Gasteiger partial charge on any atom is -0.497 e. The van der Waals surface area contributed by atoms with Gasteiger partial charge in [-0.25, -0.2) is 0 Å². The first kappa shape index (κ1) is 18.7. The molecule has 0 aromatic heterocycles. The van der Waals surface area contributed by atoms with Crippen LogP contribution in [0.3, 0.4) is 0 Å². The molecule has 4 nitrogen and oxygen atoms in total. The van der Waals surface area contributed by atoms with Gasteiger partial charge >= 0.3 is 0 Å². The second-order valence-corrected chi connectivity index (χ2v) is 6.99. The third-order valence-corrected chi connectivity index (χ3v) is 5.12. The van der Waals surface area contributed by atoms with E-state index in [-0.39, 0.29) is 0 Å². The molecule has 3 rings (SSSR count). The smallest absolute Gasteiger partial charge is 0.166 e. The van der Waals surface area contributed by atoms with Gasteiger partial charge in [0.25, 0.3) is 0 Å². The molecular formula is C21H27N3OS. The van der Waals surface area contributed by atoms with Crippen LogP contribution < -0.4 is 15.4 Å². The predicted molar refractivity (Wildman–Crippen MR) is 110 cm³/mol. The maximum atomic E-state index is 5.48. The van der Waals surface area contributed by atoms with Crippen molar-refractivity contribution < 1.29 is 4.74 Å². The van der Waals surface area contributed by atoms with E-state index in [4.69, 9.17) is 17.0 Å². The molecule has 0 saturated carbocycles. The molecule has 2 aromatic rings. The molecule has 0 amide bonds. The Morgan fingerprint density at radius 2 is 1.73 bits per heavy atom. The highest BCUT2D eigenvalue weighted by Gasteiger charge is 2.23. The Balaban J connectivity index is 1.52. The van der Waals surface area contributed by atoms with Crippen molar-refractivity contribution in [3.05, 3.63) is 65.7 Å². The molecule has 1 atom stereocenters. The van der Waals surface area contributed by atoms with E-state index in [1.165, 1.54) is 24.0 Å². The van der Waals surface area contributed by atoms with Gasteiger partial charge in [-0.1, -0.05) is 42.5 Å². The van der Waals surface area contributed by atoms with Gasteiger partial charge in [-0.15, -0.1) is 0 Å². The summed E-state index contributed by atoms with van der Waals surface area (Å²) >= 11 is 5.48. The van der Waals surface area contributed by atoms with Crippen LogP contribution in [0.2, 0.25) is 0 Å². The van der Waals surface area contributed by atoms with Gasteiger partial charge in [0.2, 0.25) is 0 Å². The lowest BCUT2D eigenvalue weighted by Gasteiger charge is -2.28. The van der Waals surface area contributed by atoms with Crippen molar-refractivity contribution in [1.82, 2.24) is 15.5 Å². The molecule has 1 heterocycles. The first-order valence-electron chi connectivity index (χ1n) is 9.20. The van der Waals surface area contributed by atoms with Gasteiger partial charge in [0, 0.05) is 13.1 Å². The lowest BCUT2D eigenvalue weighted by atomic mass is 10.1. The normalized spacial score (nSPS) is 15.4. The molecule has 0 aliphatic carbocycles. The van der Waals surface area contributed by atoms with Crippen molar-refractivity contribution in [2.45, 2.75) is 25.4 Å². The van der Waals surface area contributed by atoms with E-state index in [9.17, 15) is 0 Å². The zero-order valence-corrected chi connectivity index (χ0v) is 16.1. The second-order valence-electron chi connectivity index (χ2n) is 6.58. The summed E-state index contributed by atoms with van der Waals surface area (Å²) in [6.07, 6.45) is 2.56. The highest BCUT2D eigenvalue weighted by Crippen LogP contribution is 2.24. The molecule has 0 radical (unpaired) electrons. The Morgan fingerprint density at radius 1 is 1.04 bits per heavy atom. The number of hydrogen-bond donors (Lipinski definition) is 2. The highest BCUT2D eigenvalue weighted by molar-refractivity contribution is 7.80. The van der Waals surface area contributed by atoms with Crippen LogP contribution in [-0.4, -0.2) is 36.8 Å². The van der Waals surface area contributed by atoms with Gasteiger partial charge in [-0.3, -0.25) is 4.90 Å². The van der Waals surface area contributed by atoms with Crippen LogP contribution in [0.1, 0.15) is 30.0 Å². The molecular weight excluding hydrogens is 342 g/mol. The van der Waals surface area contributed by atoms with E-state index in [1.54, 1.807) is 7.11 Å². The van der Waals surface area contributed by atoms with Crippen LogP contribution >= 0.6 is 12.2 Å². The number of methoxy groups -OCH3 is 1. The van der Waals surface area contributed by atoms with Crippen molar-refractivity contribution >= 4 is 17.3 Å². The zero-order valence-electron chi connectivity index (χ0n) is 15.3. The topological polar surface area (TPSA) is 36.5 Å². The standard InChI is InChI=1S/C21H27N3OS/c1-25-19-11-9-17(10-12-19)15-22-21(26)23-16-20(24-13-5-6-14-24)18-7-3-2-4-8-18/h2-4,7-12,20H,5-6,13-16H2,1H3,(H2,22,23,26)/t20-/m1/s1. The van der Waals surface area contributed by atoms with Gasteiger partial charge < -0.3 is 15.4 Å². The summed E-state index contributed by atoms with van der Waals surface area (Å²) in [6.45, 7) is 3.84. The van der Waals surface area contributed by atoms with Crippen LogP contribution in [0.15, 0.2) is 54.6 Å². The molecule has 26 heavy (non-hydrogen) atoms. The van der Waals surface area contributed by atoms with Gasteiger partial charge in [0.05, 0.1) is 13.2 Å². The molecule has 1 aliphatic rings. The van der Waals surface area contributed by atoms with E-state index in [2.05, 4.69) is 45.9 Å². The molecule has 0 bridgehead atoms. The first-order chi connectivity index (χ1) is 12.8. The molecule has 138 valence electrons. The number of benzene rings is 2. The molecule has 2 aromatic carbocycles. The average molecular weight is 370 g/mol. The number of likely N-dealkylation sites (tertiary alicyclic amines) is 1. The van der Waals surface area contributed by atoms with Crippen molar-refractivity contribution in [3.63, 3.8) is 0 Å². The fraction of sp³-hybridized carbons (Fsp3) is 0.381. The summed E-state index contributed by atoms with van der Waals surface area (Å²) in [4.78, 5) is 2.55. The van der Waals surface area contributed by atoms with Crippen LogP contribution in [-0.2, 0) is 6.54 Å². The lowest BCUT2D eigenvalue weighted by molar-refractivity contribution is 0.245. The van der Waals surface area contributed by atoms with Crippen LogP contribution in [0.5, 0.6) is 5.75 Å². The van der Waals surface area contributed by atoms with E-state index in [0.717, 1.165) is 25.4 Å². The number of thiocarbonyl (C=S) groups is 1. The Kier molecular flexibility index (Phi) is 6.86. The zero-order chi connectivity index (χ0) is 18.2. The summed E-state index contributed by atoms with van der Waals surface area (Å²) in [6, 6.07) is 19.1. The highest BCUT2D eigenvalue weighted by atomic mass is 32.1. The van der Waals surface area contributed by atoms with Crippen molar-refractivity contribution in [1.29, 1.82) is 0 Å². The molecule has 2 N–H and O–H groups in total. The van der Waals surface area contributed by atoms with Crippen LogP contribution in [0, 0.1) is 0 Å². The van der Waals surface area contributed by atoms with Crippen molar-refractivity contribution in [3.8, 4) is 5.75 Å². The number of hydrogen-bond acceptors (Lipinski definition) is 3. The Bertz CT molecular complexity index is 684. The molecule has 1 fully saturated rings. The monoisotopic (exact) mass is 369 g/mol. The number of ether oxygens (including phenoxy) is 1. The van der Waals surface area contributed by atoms with Gasteiger partial charge in [-0.05, 0) is 61.4 Å². The molecule has 0 spiro atoms. The quantitative estimate of drug-likeness (QED) is 0.731. The molecule has 1 saturated heterocycles. The number of nitrogens with zero attached hydrogens (tertiary/aromatic N) is 1. The summed E-state index contributed by atoms with van der Waals surface area (Å²) in [5, 5.41) is 7.40.